The summed E-state index contributed by atoms with van der Waals surface area (Å²) in [4.78, 5) is 18.5. The van der Waals surface area contributed by atoms with Gasteiger partial charge in [0.05, 0.1) is 18.7 Å². The molecule has 2 aliphatic rings. The van der Waals surface area contributed by atoms with Gasteiger partial charge in [-0.3, -0.25) is 0 Å². The summed E-state index contributed by atoms with van der Waals surface area (Å²) in [5.74, 6) is -0.196. The molecule has 3 aromatic rings. The number of ether oxygens (including phenoxy) is 1. The number of esters is 1. The van der Waals surface area contributed by atoms with Crippen LogP contribution >= 0.6 is 0 Å². The van der Waals surface area contributed by atoms with Crippen molar-refractivity contribution < 1.29 is 9.53 Å². The summed E-state index contributed by atoms with van der Waals surface area (Å²) < 4.78 is 5.12. The molecule has 0 amide bonds. The zero-order valence-electron chi connectivity index (χ0n) is 16.2. The van der Waals surface area contributed by atoms with Crippen LogP contribution in [0.1, 0.15) is 40.8 Å². The van der Waals surface area contributed by atoms with Crippen LogP contribution < -0.4 is 0 Å². The first-order chi connectivity index (χ1) is 13.7. The molecule has 0 aliphatic carbocycles. The summed E-state index contributed by atoms with van der Waals surface area (Å²) in [5.41, 5.74) is 7.07. The SMILES string of the molecule is COC(=O)C1=CN2CCc3c([nH]c4ccccc34)[C@H]2C[C@@H]1c1ccc(C)cc1. The predicted molar refractivity (Wildman–Crippen MR) is 110 cm³/mol. The zero-order valence-corrected chi connectivity index (χ0v) is 16.2. The van der Waals surface area contributed by atoms with Gasteiger partial charge in [0.1, 0.15) is 0 Å². The highest BCUT2D eigenvalue weighted by atomic mass is 16.5. The van der Waals surface area contributed by atoms with Gasteiger partial charge in [0, 0.05) is 35.3 Å². The fraction of sp³-hybridized carbons (Fsp3) is 0.292. The lowest BCUT2D eigenvalue weighted by atomic mass is 9.80. The number of hydrogen-bond acceptors (Lipinski definition) is 3. The Labute approximate surface area is 164 Å². The van der Waals surface area contributed by atoms with Gasteiger partial charge >= 0.3 is 5.97 Å². The maximum Gasteiger partial charge on any atom is 0.335 e. The van der Waals surface area contributed by atoms with E-state index in [-0.39, 0.29) is 17.9 Å². The number of aryl methyl sites for hydroxylation is 1. The first-order valence-electron chi connectivity index (χ1n) is 9.87. The molecule has 142 valence electrons. The number of hydrogen-bond donors (Lipinski definition) is 1. The van der Waals surface area contributed by atoms with E-state index in [1.54, 1.807) is 0 Å². The van der Waals surface area contributed by atoms with Crippen molar-refractivity contribution in [3.63, 3.8) is 0 Å². The van der Waals surface area contributed by atoms with Gasteiger partial charge in [-0.05, 0) is 37.0 Å². The number of methoxy groups -OCH3 is 1. The molecule has 5 rings (SSSR count). The fourth-order valence-electron chi connectivity index (χ4n) is 4.79. The number of para-hydroxylation sites is 1. The van der Waals surface area contributed by atoms with Gasteiger partial charge in [-0.2, -0.15) is 0 Å². The van der Waals surface area contributed by atoms with Gasteiger partial charge in [0.25, 0.3) is 0 Å². The van der Waals surface area contributed by atoms with Crippen molar-refractivity contribution >= 4 is 16.9 Å². The summed E-state index contributed by atoms with van der Waals surface area (Å²) in [5, 5.41) is 1.33. The minimum absolute atomic E-state index is 0.0339. The van der Waals surface area contributed by atoms with Crippen LogP contribution in [0.4, 0.5) is 0 Å². The molecule has 4 nitrogen and oxygen atoms in total. The number of nitrogens with one attached hydrogen (secondary N) is 1. The Kier molecular flexibility index (Phi) is 4.00. The zero-order chi connectivity index (χ0) is 19.3. The molecule has 2 atom stereocenters. The van der Waals surface area contributed by atoms with Crippen molar-refractivity contribution in [1.82, 2.24) is 9.88 Å². The number of aromatic amines is 1. The van der Waals surface area contributed by atoms with Crippen molar-refractivity contribution in [2.24, 2.45) is 0 Å². The third-order valence-electron chi connectivity index (χ3n) is 6.24. The molecule has 0 fully saturated rings. The first kappa shape index (κ1) is 17.1. The smallest absolute Gasteiger partial charge is 0.335 e. The molecule has 0 saturated carbocycles. The Hall–Kier alpha value is -3.01. The van der Waals surface area contributed by atoms with Crippen molar-refractivity contribution in [3.8, 4) is 0 Å². The first-order valence-corrected chi connectivity index (χ1v) is 9.87. The summed E-state index contributed by atoms with van der Waals surface area (Å²) >= 11 is 0. The molecule has 0 unspecified atom stereocenters. The number of rotatable bonds is 2. The fourth-order valence-corrected chi connectivity index (χ4v) is 4.79. The van der Waals surface area contributed by atoms with Crippen LogP contribution in [0, 0.1) is 6.92 Å². The topological polar surface area (TPSA) is 45.3 Å². The molecule has 4 heteroatoms. The Morgan fingerprint density at radius 2 is 1.93 bits per heavy atom. The molecule has 1 aromatic heterocycles. The minimum Gasteiger partial charge on any atom is -0.466 e. The Morgan fingerprint density at radius 3 is 2.71 bits per heavy atom. The normalized spacial score (nSPS) is 21.1. The maximum absolute atomic E-state index is 12.6. The molecule has 0 radical (unpaired) electrons. The van der Waals surface area contributed by atoms with Gasteiger partial charge in [0.15, 0.2) is 0 Å². The highest BCUT2D eigenvalue weighted by Gasteiger charge is 2.38. The number of fused-ring (bicyclic) bond motifs is 5. The molecule has 2 aromatic carbocycles. The van der Waals surface area contributed by atoms with Crippen molar-refractivity contribution in [1.29, 1.82) is 0 Å². The molecule has 28 heavy (non-hydrogen) atoms. The average Bonchev–Trinajstić information content (AvgIpc) is 3.12. The standard InChI is InChI=1S/C24H24N2O2/c1-15-7-9-16(10-8-15)19-13-22-23-18(17-5-3-4-6-21(17)25-23)11-12-26(22)14-20(19)24(27)28-2/h3-10,14,19,22,25H,11-13H2,1-2H3/t19-,22-/m1/s1. The minimum atomic E-state index is -0.230. The van der Waals surface area contributed by atoms with E-state index in [2.05, 4.69) is 65.3 Å². The van der Waals surface area contributed by atoms with Gasteiger partial charge in [-0.1, -0.05) is 48.0 Å². The number of aromatic nitrogens is 1. The lowest BCUT2D eigenvalue weighted by Gasteiger charge is -2.41. The quantitative estimate of drug-likeness (QED) is 0.668. The van der Waals surface area contributed by atoms with E-state index < -0.39 is 0 Å². The van der Waals surface area contributed by atoms with E-state index in [9.17, 15) is 4.79 Å². The lowest BCUT2D eigenvalue weighted by molar-refractivity contribution is -0.136. The van der Waals surface area contributed by atoms with E-state index in [0.29, 0.717) is 0 Å². The van der Waals surface area contributed by atoms with Crippen LogP contribution in [0.3, 0.4) is 0 Å². The lowest BCUT2D eigenvalue weighted by Crippen LogP contribution is -2.37. The van der Waals surface area contributed by atoms with Crippen molar-refractivity contribution in [2.45, 2.75) is 31.7 Å². The van der Waals surface area contributed by atoms with Crippen LogP contribution in [-0.2, 0) is 16.0 Å². The van der Waals surface area contributed by atoms with E-state index in [1.807, 2.05) is 6.20 Å². The molecular formula is C24H24N2O2. The number of carbonyl (C=O) groups excluding carboxylic acids is 1. The second-order valence-electron chi connectivity index (χ2n) is 7.84. The van der Waals surface area contributed by atoms with Gasteiger partial charge in [-0.25, -0.2) is 4.79 Å². The molecule has 0 bridgehead atoms. The van der Waals surface area contributed by atoms with Crippen LogP contribution in [0.5, 0.6) is 0 Å². The molecule has 0 spiro atoms. The molecule has 0 saturated heterocycles. The number of benzene rings is 2. The summed E-state index contributed by atoms with van der Waals surface area (Å²) in [6.07, 6.45) is 3.89. The van der Waals surface area contributed by atoms with Gasteiger partial charge < -0.3 is 14.6 Å². The largest absolute Gasteiger partial charge is 0.466 e. The number of nitrogens with zero attached hydrogens (tertiary/aromatic N) is 1. The van der Waals surface area contributed by atoms with Gasteiger partial charge in [0.2, 0.25) is 0 Å². The molecule has 2 aliphatic heterocycles. The van der Waals surface area contributed by atoms with Crippen LogP contribution in [0.2, 0.25) is 0 Å². The monoisotopic (exact) mass is 372 g/mol. The second kappa shape index (κ2) is 6.55. The summed E-state index contributed by atoms with van der Waals surface area (Å²) in [6.45, 7) is 3.00. The van der Waals surface area contributed by atoms with Crippen LogP contribution in [0.25, 0.3) is 10.9 Å². The Bertz CT molecular complexity index is 1080. The highest BCUT2D eigenvalue weighted by molar-refractivity contribution is 5.90. The van der Waals surface area contributed by atoms with E-state index in [4.69, 9.17) is 4.74 Å². The number of carbonyl (C=O) groups is 1. The average molecular weight is 372 g/mol. The van der Waals surface area contributed by atoms with E-state index >= 15 is 0 Å². The van der Waals surface area contributed by atoms with Crippen molar-refractivity contribution in [2.75, 3.05) is 13.7 Å². The Balaban J connectivity index is 1.61. The van der Waals surface area contributed by atoms with E-state index in [1.165, 1.54) is 40.4 Å². The van der Waals surface area contributed by atoms with Crippen LogP contribution in [0.15, 0.2) is 60.3 Å². The van der Waals surface area contributed by atoms with Gasteiger partial charge in [-0.15, -0.1) is 0 Å². The molecular weight excluding hydrogens is 348 g/mol. The molecule has 3 heterocycles. The van der Waals surface area contributed by atoms with E-state index in [0.717, 1.165) is 25.0 Å². The predicted octanol–water partition coefficient (Wildman–Crippen LogP) is 4.62. The third-order valence-corrected chi connectivity index (χ3v) is 6.24. The summed E-state index contributed by atoms with van der Waals surface area (Å²) in [7, 11) is 1.47. The second-order valence-corrected chi connectivity index (χ2v) is 7.84. The maximum atomic E-state index is 12.6. The highest BCUT2D eigenvalue weighted by Crippen LogP contribution is 2.45. The van der Waals surface area contributed by atoms with Crippen molar-refractivity contribution in [3.05, 3.63) is 82.7 Å². The third kappa shape index (κ3) is 2.63. The molecule has 1 N–H and O–H groups in total. The summed E-state index contributed by atoms with van der Waals surface area (Å²) in [6, 6.07) is 17.3. The Morgan fingerprint density at radius 1 is 1.14 bits per heavy atom. The van der Waals surface area contributed by atoms with Crippen LogP contribution in [-0.4, -0.2) is 29.5 Å². The number of H-pyrrole nitrogens is 1.